The van der Waals surface area contributed by atoms with Crippen molar-refractivity contribution in [2.75, 3.05) is 0 Å². The number of hydrogen-bond acceptors (Lipinski definition) is 3. The number of furan rings is 1. The quantitative estimate of drug-likeness (QED) is 0.782. The molecule has 2 rings (SSSR count). The van der Waals surface area contributed by atoms with E-state index in [9.17, 15) is 4.79 Å². The van der Waals surface area contributed by atoms with Gasteiger partial charge in [0.25, 0.3) is 0 Å². The highest BCUT2D eigenvalue weighted by Gasteiger charge is 2.10. The Balaban J connectivity index is 2.38. The van der Waals surface area contributed by atoms with E-state index in [1.807, 2.05) is 6.92 Å². The minimum Gasteiger partial charge on any atom is -0.475 e. The van der Waals surface area contributed by atoms with Crippen LogP contribution < -0.4 is 0 Å². The summed E-state index contributed by atoms with van der Waals surface area (Å²) in [4.78, 5) is 10.5. The number of aromatic nitrogens is 2. The Morgan fingerprint density at radius 2 is 2.36 bits per heavy atom. The Labute approximate surface area is 79.6 Å². The van der Waals surface area contributed by atoms with Crippen molar-refractivity contribution in [2.24, 2.45) is 0 Å². The minimum absolute atomic E-state index is 0.0897. The van der Waals surface area contributed by atoms with Gasteiger partial charge < -0.3 is 9.52 Å². The number of hydrogen-bond donors (Lipinski definition) is 1. The number of aromatic carboxylic acids is 1. The zero-order valence-electron chi connectivity index (χ0n) is 7.47. The number of carboxylic acid groups (broad SMARTS) is 1. The molecule has 0 amide bonds. The Kier molecular flexibility index (Phi) is 1.85. The summed E-state index contributed by atoms with van der Waals surface area (Å²) in [6.07, 6.45) is 3.42. The zero-order valence-corrected chi connectivity index (χ0v) is 7.47. The molecule has 14 heavy (non-hydrogen) atoms. The maximum Gasteiger partial charge on any atom is 0.371 e. The Morgan fingerprint density at radius 3 is 2.86 bits per heavy atom. The first kappa shape index (κ1) is 8.55. The average Bonchev–Trinajstić information content (AvgIpc) is 2.70. The van der Waals surface area contributed by atoms with Crippen molar-refractivity contribution in [1.82, 2.24) is 9.78 Å². The van der Waals surface area contributed by atoms with Gasteiger partial charge in [-0.1, -0.05) is 0 Å². The van der Waals surface area contributed by atoms with E-state index in [1.165, 1.54) is 10.7 Å². The molecule has 0 saturated carbocycles. The first-order valence-electron chi connectivity index (χ1n) is 4.01. The van der Waals surface area contributed by atoms with Crippen molar-refractivity contribution in [3.63, 3.8) is 0 Å². The largest absolute Gasteiger partial charge is 0.475 e. The SMILES string of the molecule is Cc1cnn(-c2ccc(C(=O)O)o2)c1. The van der Waals surface area contributed by atoms with Gasteiger partial charge in [-0.3, -0.25) is 0 Å². The maximum atomic E-state index is 10.5. The van der Waals surface area contributed by atoms with Crippen LogP contribution in [0.15, 0.2) is 28.9 Å². The van der Waals surface area contributed by atoms with Crippen LogP contribution in [0.5, 0.6) is 0 Å². The second-order valence-corrected chi connectivity index (χ2v) is 2.91. The molecule has 0 saturated heterocycles. The smallest absolute Gasteiger partial charge is 0.371 e. The highest BCUT2D eigenvalue weighted by Crippen LogP contribution is 2.12. The maximum absolute atomic E-state index is 10.5. The van der Waals surface area contributed by atoms with Crippen molar-refractivity contribution in [3.05, 3.63) is 35.9 Å². The van der Waals surface area contributed by atoms with Crippen molar-refractivity contribution >= 4 is 5.97 Å². The van der Waals surface area contributed by atoms with Crippen LogP contribution in [0.25, 0.3) is 5.88 Å². The van der Waals surface area contributed by atoms with Crippen LogP contribution in [-0.2, 0) is 0 Å². The van der Waals surface area contributed by atoms with E-state index < -0.39 is 5.97 Å². The topological polar surface area (TPSA) is 68.3 Å². The van der Waals surface area contributed by atoms with Crippen molar-refractivity contribution in [1.29, 1.82) is 0 Å². The summed E-state index contributed by atoms with van der Waals surface area (Å²) >= 11 is 0. The third-order valence-electron chi connectivity index (χ3n) is 1.74. The molecule has 72 valence electrons. The molecular weight excluding hydrogens is 184 g/mol. The molecular formula is C9H8N2O3. The van der Waals surface area contributed by atoms with Gasteiger partial charge in [0.15, 0.2) is 0 Å². The predicted molar refractivity (Wildman–Crippen MR) is 47.5 cm³/mol. The van der Waals surface area contributed by atoms with Crippen LogP contribution in [0.4, 0.5) is 0 Å². The lowest BCUT2D eigenvalue weighted by Crippen LogP contribution is -1.94. The van der Waals surface area contributed by atoms with Crippen LogP contribution >= 0.6 is 0 Å². The number of aryl methyl sites for hydroxylation is 1. The van der Waals surface area contributed by atoms with Crippen molar-refractivity contribution in [2.45, 2.75) is 6.92 Å². The summed E-state index contributed by atoms with van der Waals surface area (Å²) < 4.78 is 6.53. The lowest BCUT2D eigenvalue weighted by atomic mass is 10.4. The number of nitrogens with zero attached hydrogens (tertiary/aromatic N) is 2. The van der Waals surface area contributed by atoms with Gasteiger partial charge in [-0.05, 0) is 18.6 Å². The third kappa shape index (κ3) is 1.39. The molecule has 2 aromatic heterocycles. The fraction of sp³-hybridized carbons (Fsp3) is 0.111. The lowest BCUT2D eigenvalue weighted by Gasteiger charge is -1.93. The van der Waals surface area contributed by atoms with E-state index in [0.29, 0.717) is 5.88 Å². The van der Waals surface area contributed by atoms with Crippen molar-refractivity contribution < 1.29 is 14.3 Å². The van der Waals surface area contributed by atoms with Gasteiger partial charge in [0.1, 0.15) is 0 Å². The summed E-state index contributed by atoms with van der Waals surface area (Å²) in [6.45, 7) is 1.89. The molecule has 0 fully saturated rings. The first-order chi connectivity index (χ1) is 6.66. The van der Waals surface area contributed by atoms with Crippen molar-refractivity contribution in [3.8, 4) is 5.88 Å². The third-order valence-corrected chi connectivity index (χ3v) is 1.74. The summed E-state index contributed by atoms with van der Waals surface area (Å²) in [5.74, 6) is -0.774. The molecule has 0 bridgehead atoms. The molecule has 1 N–H and O–H groups in total. The van der Waals surface area contributed by atoms with Crippen LogP contribution in [-0.4, -0.2) is 20.9 Å². The first-order valence-corrected chi connectivity index (χ1v) is 4.01. The van der Waals surface area contributed by atoms with E-state index in [1.54, 1.807) is 18.5 Å². The number of rotatable bonds is 2. The van der Waals surface area contributed by atoms with Gasteiger partial charge in [-0.2, -0.15) is 5.10 Å². The molecule has 2 aromatic rings. The summed E-state index contributed by atoms with van der Waals surface area (Å²) in [7, 11) is 0. The molecule has 0 aliphatic heterocycles. The Morgan fingerprint density at radius 1 is 1.57 bits per heavy atom. The highest BCUT2D eigenvalue weighted by molar-refractivity contribution is 5.84. The van der Waals surface area contributed by atoms with Gasteiger partial charge >= 0.3 is 5.97 Å². The van der Waals surface area contributed by atoms with Gasteiger partial charge in [0.2, 0.25) is 11.6 Å². The Bertz CT molecular complexity index is 470. The van der Waals surface area contributed by atoms with E-state index in [-0.39, 0.29) is 5.76 Å². The molecule has 0 aromatic carbocycles. The summed E-state index contributed by atoms with van der Waals surface area (Å²) in [5, 5.41) is 12.6. The van der Waals surface area contributed by atoms with E-state index in [2.05, 4.69) is 5.10 Å². The second kappa shape index (κ2) is 3.02. The Hall–Kier alpha value is -2.04. The standard InChI is InChI=1S/C9H8N2O3/c1-6-4-10-11(5-6)8-3-2-7(14-8)9(12)13/h2-5H,1H3,(H,12,13). The average molecular weight is 192 g/mol. The minimum atomic E-state index is -1.08. The van der Waals surface area contributed by atoms with Crippen LogP contribution in [0.3, 0.4) is 0 Å². The number of carbonyl (C=O) groups is 1. The zero-order chi connectivity index (χ0) is 10.1. The van der Waals surface area contributed by atoms with Gasteiger partial charge in [-0.25, -0.2) is 9.48 Å². The van der Waals surface area contributed by atoms with Crippen LogP contribution in [0.2, 0.25) is 0 Å². The molecule has 5 nitrogen and oxygen atoms in total. The second-order valence-electron chi connectivity index (χ2n) is 2.91. The molecule has 5 heteroatoms. The molecule has 0 unspecified atom stereocenters. The monoisotopic (exact) mass is 192 g/mol. The molecule has 2 heterocycles. The normalized spacial score (nSPS) is 10.4. The molecule has 0 atom stereocenters. The molecule has 0 radical (unpaired) electrons. The summed E-state index contributed by atoms with van der Waals surface area (Å²) in [5.41, 5.74) is 0.985. The van der Waals surface area contributed by atoms with E-state index in [0.717, 1.165) is 5.56 Å². The molecule has 0 spiro atoms. The molecule has 0 aliphatic rings. The van der Waals surface area contributed by atoms with E-state index in [4.69, 9.17) is 9.52 Å². The van der Waals surface area contributed by atoms with Gasteiger partial charge in [0.05, 0.1) is 6.20 Å². The van der Waals surface area contributed by atoms with Gasteiger partial charge in [0, 0.05) is 12.3 Å². The fourth-order valence-corrected chi connectivity index (χ4v) is 1.10. The lowest BCUT2D eigenvalue weighted by molar-refractivity contribution is 0.0662. The molecule has 0 aliphatic carbocycles. The number of carboxylic acids is 1. The van der Waals surface area contributed by atoms with Crippen LogP contribution in [0.1, 0.15) is 16.1 Å². The summed E-state index contributed by atoms with van der Waals surface area (Å²) in [6, 6.07) is 2.96. The van der Waals surface area contributed by atoms with E-state index >= 15 is 0 Å². The van der Waals surface area contributed by atoms with Gasteiger partial charge in [-0.15, -0.1) is 0 Å². The predicted octanol–water partition coefficient (Wildman–Crippen LogP) is 1.47. The highest BCUT2D eigenvalue weighted by atomic mass is 16.4. The fourth-order valence-electron chi connectivity index (χ4n) is 1.10. The van der Waals surface area contributed by atoms with Crippen LogP contribution in [0, 0.1) is 6.92 Å².